The zero-order valence-corrected chi connectivity index (χ0v) is 9.71. The summed E-state index contributed by atoms with van der Waals surface area (Å²) < 4.78 is 5.57. The normalized spacial score (nSPS) is 21.9. The van der Waals surface area contributed by atoms with Gasteiger partial charge in [0.05, 0.1) is 24.5 Å². The van der Waals surface area contributed by atoms with Gasteiger partial charge in [0.25, 0.3) is 0 Å². The SMILES string of the molecule is CC(N)C1CN(c2nnccc2C#N)CCO1. The third kappa shape index (κ3) is 2.52. The minimum atomic E-state index is -0.0417. The van der Waals surface area contributed by atoms with Crippen molar-refractivity contribution >= 4 is 5.82 Å². The average molecular weight is 233 g/mol. The number of anilines is 1. The second kappa shape index (κ2) is 5.08. The first-order valence-corrected chi connectivity index (χ1v) is 5.56. The van der Waals surface area contributed by atoms with Crippen molar-refractivity contribution < 1.29 is 4.74 Å². The number of nitrogens with two attached hydrogens (primary N) is 1. The highest BCUT2D eigenvalue weighted by Crippen LogP contribution is 2.19. The highest BCUT2D eigenvalue weighted by molar-refractivity contribution is 5.52. The van der Waals surface area contributed by atoms with Crippen LogP contribution in [0.2, 0.25) is 0 Å². The van der Waals surface area contributed by atoms with Crippen molar-refractivity contribution in [1.29, 1.82) is 5.26 Å². The average Bonchev–Trinajstić information content (AvgIpc) is 2.39. The predicted octanol–water partition coefficient (Wildman–Crippen LogP) is -0.0993. The zero-order valence-electron chi connectivity index (χ0n) is 9.71. The zero-order chi connectivity index (χ0) is 12.3. The van der Waals surface area contributed by atoms with Crippen LogP contribution in [0.4, 0.5) is 5.82 Å². The highest BCUT2D eigenvalue weighted by atomic mass is 16.5. The van der Waals surface area contributed by atoms with Gasteiger partial charge in [-0.3, -0.25) is 0 Å². The van der Waals surface area contributed by atoms with Crippen LogP contribution < -0.4 is 10.6 Å². The van der Waals surface area contributed by atoms with Crippen LogP contribution in [0.15, 0.2) is 12.3 Å². The summed E-state index contributed by atoms with van der Waals surface area (Å²) in [7, 11) is 0. The van der Waals surface area contributed by atoms with E-state index in [0.29, 0.717) is 31.1 Å². The molecule has 0 aromatic carbocycles. The molecule has 0 amide bonds. The Morgan fingerprint density at radius 1 is 1.71 bits per heavy atom. The van der Waals surface area contributed by atoms with Gasteiger partial charge in [0.2, 0.25) is 0 Å². The standard InChI is InChI=1S/C11H15N5O/c1-8(13)10-7-16(4-5-17-10)11-9(6-12)2-3-14-15-11/h2-3,8,10H,4-5,7,13H2,1H3. The molecule has 0 saturated carbocycles. The lowest BCUT2D eigenvalue weighted by Crippen LogP contribution is -2.50. The number of nitriles is 1. The van der Waals surface area contributed by atoms with E-state index < -0.39 is 0 Å². The van der Waals surface area contributed by atoms with E-state index in [2.05, 4.69) is 16.3 Å². The molecule has 90 valence electrons. The summed E-state index contributed by atoms with van der Waals surface area (Å²) in [6, 6.07) is 3.74. The number of morpholine rings is 1. The summed E-state index contributed by atoms with van der Waals surface area (Å²) in [6.45, 7) is 3.85. The molecule has 17 heavy (non-hydrogen) atoms. The Labute approximate surface area is 100.0 Å². The third-order valence-corrected chi connectivity index (χ3v) is 2.80. The summed E-state index contributed by atoms with van der Waals surface area (Å²) in [5.74, 6) is 0.615. The molecule has 2 unspecified atom stereocenters. The van der Waals surface area contributed by atoms with E-state index in [9.17, 15) is 0 Å². The van der Waals surface area contributed by atoms with Gasteiger partial charge in [0.1, 0.15) is 6.07 Å². The van der Waals surface area contributed by atoms with Gasteiger partial charge in [-0.15, -0.1) is 5.10 Å². The van der Waals surface area contributed by atoms with Crippen LogP contribution in [0, 0.1) is 11.3 Å². The van der Waals surface area contributed by atoms with Crippen molar-refractivity contribution in [2.45, 2.75) is 19.1 Å². The number of rotatable bonds is 2. The van der Waals surface area contributed by atoms with Gasteiger partial charge in [-0.05, 0) is 13.0 Å². The number of aromatic nitrogens is 2. The lowest BCUT2D eigenvalue weighted by atomic mass is 10.1. The van der Waals surface area contributed by atoms with Crippen molar-refractivity contribution in [3.05, 3.63) is 17.8 Å². The molecule has 1 aromatic rings. The first-order chi connectivity index (χ1) is 8.22. The van der Waals surface area contributed by atoms with Gasteiger partial charge in [0.15, 0.2) is 5.82 Å². The summed E-state index contributed by atoms with van der Waals surface area (Å²) in [5, 5.41) is 16.9. The molecule has 2 heterocycles. The lowest BCUT2D eigenvalue weighted by Gasteiger charge is -2.35. The molecule has 1 aliphatic rings. The van der Waals surface area contributed by atoms with E-state index in [1.54, 1.807) is 6.07 Å². The monoisotopic (exact) mass is 233 g/mol. The largest absolute Gasteiger partial charge is 0.373 e. The smallest absolute Gasteiger partial charge is 0.169 e. The molecule has 2 rings (SSSR count). The van der Waals surface area contributed by atoms with E-state index in [1.165, 1.54) is 6.20 Å². The molecule has 1 aliphatic heterocycles. The molecule has 0 aliphatic carbocycles. The maximum atomic E-state index is 9.02. The van der Waals surface area contributed by atoms with Crippen LogP contribution in [-0.2, 0) is 4.74 Å². The molecule has 2 atom stereocenters. The fraction of sp³-hybridized carbons (Fsp3) is 0.545. The Hall–Kier alpha value is -1.71. The Balaban J connectivity index is 2.19. The van der Waals surface area contributed by atoms with E-state index in [1.807, 2.05) is 11.8 Å². The highest BCUT2D eigenvalue weighted by Gasteiger charge is 2.25. The molecular formula is C11H15N5O. The minimum Gasteiger partial charge on any atom is -0.373 e. The molecule has 1 aromatic heterocycles. The number of hydrogen-bond donors (Lipinski definition) is 1. The third-order valence-electron chi connectivity index (χ3n) is 2.80. The molecular weight excluding hydrogens is 218 g/mol. The van der Waals surface area contributed by atoms with Crippen LogP contribution in [0.25, 0.3) is 0 Å². The van der Waals surface area contributed by atoms with Crippen LogP contribution in [0.3, 0.4) is 0 Å². The fourth-order valence-electron chi connectivity index (χ4n) is 1.83. The first kappa shape index (κ1) is 11.8. The molecule has 0 spiro atoms. The van der Waals surface area contributed by atoms with Gasteiger partial charge in [-0.1, -0.05) is 0 Å². The van der Waals surface area contributed by atoms with Gasteiger partial charge < -0.3 is 15.4 Å². The quantitative estimate of drug-likeness (QED) is 0.767. The van der Waals surface area contributed by atoms with E-state index in [-0.39, 0.29) is 12.1 Å². The topological polar surface area (TPSA) is 88.1 Å². The van der Waals surface area contributed by atoms with Crippen LogP contribution in [-0.4, -0.2) is 42.0 Å². The Kier molecular flexibility index (Phi) is 3.52. The molecule has 0 bridgehead atoms. The molecule has 0 radical (unpaired) electrons. The van der Waals surface area contributed by atoms with E-state index >= 15 is 0 Å². The first-order valence-electron chi connectivity index (χ1n) is 5.56. The molecule has 1 saturated heterocycles. The van der Waals surface area contributed by atoms with Crippen molar-refractivity contribution in [2.75, 3.05) is 24.6 Å². The maximum absolute atomic E-state index is 9.02. The summed E-state index contributed by atoms with van der Waals surface area (Å²) in [4.78, 5) is 2.00. The van der Waals surface area contributed by atoms with Crippen molar-refractivity contribution in [3.63, 3.8) is 0 Å². The number of ether oxygens (including phenoxy) is 1. The Morgan fingerprint density at radius 2 is 2.53 bits per heavy atom. The van der Waals surface area contributed by atoms with Gasteiger partial charge in [-0.25, -0.2) is 0 Å². The van der Waals surface area contributed by atoms with Crippen molar-refractivity contribution in [1.82, 2.24) is 10.2 Å². The molecule has 6 nitrogen and oxygen atoms in total. The number of nitrogens with zero attached hydrogens (tertiary/aromatic N) is 4. The Morgan fingerprint density at radius 3 is 3.24 bits per heavy atom. The van der Waals surface area contributed by atoms with E-state index in [4.69, 9.17) is 15.7 Å². The second-order valence-corrected chi connectivity index (χ2v) is 4.09. The predicted molar refractivity (Wildman–Crippen MR) is 62.3 cm³/mol. The summed E-state index contributed by atoms with van der Waals surface area (Å²) >= 11 is 0. The van der Waals surface area contributed by atoms with E-state index in [0.717, 1.165) is 0 Å². The minimum absolute atomic E-state index is 0.0303. The maximum Gasteiger partial charge on any atom is 0.169 e. The van der Waals surface area contributed by atoms with Gasteiger partial charge >= 0.3 is 0 Å². The Bertz CT molecular complexity index is 428. The second-order valence-electron chi connectivity index (χ2n) is 4.09. The van der Waals surface area contributed by atoms with Crippen LogP contribution >= 0.6 is 0 Å². The van der Waals surface area contributed by atoms with Crippen molar-refractivity contribution in [3.8, 4) is 6.07 Å². The molecule has 2 N–H and O–H groups in total. The molecule has 1 fully saturated rings. The number of hydrogen-bond acceptors (Lipinski definition) is 6. The van der Waals surface area contributed by atoms with Crippen LogP contribution in [0.5, 0.6) is 0 Å². The molecule has 6 heteroatoms. The summed E-state index contributed by atoms with van der Waals surface area (Å²) in [5.41, 5.74) is 6.36. The van der Waals surface area contributed by atoms with Crippen molar-refractivity contribution in [2.24, 2.45) is 5.73 Å². The van der Waals surface area contributed by atoms with Gasteiger partial charge in [-0.2, -0.15) is 10.4 Å². The lowest BCUT2D eigenvalue weighted by molar-refractivity contribution is 0.0273. The van der Waals surface area contributed by atoms with Crippen LogP contribution in [0.1, 0.15) is 12.5 Å². The summed E-state index contributed by atoms with van der Waals surface area (Å²) in [6.07, 6.45) is 1.49. The van der Waals surface area contributed by atoms with Gasteiger partial charge in [0, 0.05) is 19.1 Å². The fourth-order valence-corrected chi connectivity index (χ4v) is 1.83.